The molecule has 1 heterocycles. The lowest BCUT2D eigenvalue weighted by Gasteiger charge is -2.38. The maximum Gasteiger partial charge on any atom is 0.176 e. The van der Waals surface area contributed by atoms with Gasteiger partial charge in [-0.25, -0.2) is 0 Å². The van der Waals surface area contributed by atoms with E-state index in [9.17, 15) is 4.79 Å². The Bertz CT molecular complexity index is 485. The average molecular weight is 276 g/mol. The second-order valence-corrected chi connectivity index (χ2v) is 5.66. The number of nitrogens with two attached hydrogens (primary N) is 1. The highest BCUT2D eigenvalue weighted by atomic mass is 16.5. The van der Waals surface area contributed by atoms with Crippen molar-refractivity contribution in [1.29, 1.82) is 0 Å². The first-order valence-electron chi connectivity index (χ1n) is 7.35. The molecule has 1 aliphatic heterocycles. The van der Waals surface area contributed by atoms with Gasteiger partial charge in [0.25, 0.3) is 0 Å². The first-order chi connectivity index (χ1) is 9.56. The fourth-order valence-corrected chi connectivity index (χ4v) is 2.50. The largest absolute Gasteiger partial charge is 0.486 e. The minimum Gasteiger partial charge on any atom is -0.486 e. The van der Waals surface area contributed by atoms with Gasteiger partial charge in [-0.1, -0.05) is 20.8 Å². The summed E-state index contributed by atoms with van der Waals surface area (Å²) in [6.07, 6.45) is 1.27. The lowest BCUT2D eigenvalue weighted by atomic mass is 10.0. The molecule has 4 heteroatoms. The Morgan fingerprint density at radius 3 is 2.85 bits per heavy atom. The summed E-state index contributed by atoms with van der Waals surface area (Å²) in [5.41, 5.74) is 7.12. The van der Waals surface area contributed by atoms with E-state index < -0.39 is 0 Å². The molecule has 0 saturated carbocycles. The number of carbonyl (C=O) groups is 1. The van der Waals surface area contributed by atoms with Crippen LogP contribution in [-0.4, -0.2) is 31.5 Å². The van der Waals surface area contributed by atoms with Crippen molar-refractivity contribution in [2.75, 3.05) is 24.5 Å². The van der Waals surface area contributed by atoms with E-state index in [-0.39, 0.29) is 18.4 Å². The molecule has 2 N–H and O–H groups in total. The standard InChI is InChI=1S/C16H24N2O2/c1-4-7-18-10-16(11(2)3)20-15-6-5-12(8-13(15)18)14(19)9-17/h5-6,8,11,16H,4,7,9-10,17H2,1-3H3. The van der Waals surface area contributed by atoms with Crippen LogP contribution < -0.4 is 15.4 Å². The number of rotatable bonds is 5. The van der Waals surface area contributed by atoms with Gasteiger partial charge in [-0.05, 0) is 30.5 Å². The lowest BCUT2D eigenvalue weighted by molar-refractivity contribution is 0.100. The second-order valence-electron chi connectivity index (χ2n) is 5.66. The highest BCUT2D eigenvalue weighted by molar-refractivity contribution is 5.98. The van der Waals surface area contributed by atoms with Crippen LogP contribution in [0.25, 0.3) is 0 Å². The normalized spacial score (nSPS) is 17.9. The first-order valence-corrected chi connectivity index (χ1v) is 7.35. The minimum absolute atomic E-state index is 0.0322. The average Bonchev–Trinajstić information content (AvgIpc) is 2.46. The topological polar surface area (TPSA) is 55.6 Å². The van der Waals surface area contributed by atoms with Crippen LogP contribution in [0.2, 0.25) is 0 Å². The van der Waals surface area contributed by atoms with Crippen molar-refractivity contribution < 1.29 is 9.53 Å². The molecule has 0 amide bonds. The molecule has 1 unspecified atom stereocenters. The third kappa shape index (κ3) is 2.96. The number of ketones is 1. The third-order valence-corrected chi connectivity index (χ3v) is 3.72. The number of nitrogens with zero attached hydrogens (tertiary/aromatic N) is 1. The molecule has 20 heavy (non-hydrogen) atoms. The van der Waals surface area contributed by atoms with E-state index >= 15 is 0 Å². The van der Waals surface area contributed by atoms with E-state index in [2.05, 4.69) is 25.7 Å². The summed E-state index contributed by atoms with van der Waals surface area (Å²) >= 11 is 0. The van der Waals surface area contributed by atoms with E-state index in [1.54, 1.807) is 6.07 Å². The molecule has 0 bridgehead atoms. The summed E-state index contributed by atoms with van der Waals surface area (Å²) in [4.78, 5) is 14.1. The van der Waals surface area contributed by atoms with Gasteiger partial charge in [0.05, 0.1) is 18.8 Å². The summed E-state index contributed by atoms with van der Waals surface area (Å²) in [7, 11) is 0. The second kappa shape index (κ2) is 6.27. The van der Waals surface area contributed by atoms with Gasteiger partial charge in [0.15, 0.2) is 5.78 Å². The van der Waals surface area contributed by atoms with E-state index in [1.807, 2.05) is 12.1 Å². The Kier molecular flexibility index (Phi) is 4.65. The molecule has 1 aromatic rings. The van der Waals surface area contributed by atoms with E-state index in [4.69, 9.17) is 10.5 Å². The van der Waals surface area contributed by atoms with Crippen LogP contribution in [0.1, 0.15) is 37.6 Å². The van der Waals surface area contributed by atoms with Crippen LogP contribution in [0, 0.1) is 5.92 Å². The van der Waals surface area contributed by atoms with Crippen molar-refractivity contribution in [2.45, 2.75) is 33.3 Å². The predicted octanol–water partition coefficient (Wildman–Crippen LogP) is 2.46. The van der Waals surface area contributed by atoms with Crippen LogP contribution in [0.4, 0.5) is 5.69 Å². The summed E-state index contributed by atoms with van der Waals surface area (Å²) in [5.74, 6) is 1.31. The molecule has 2 rings (SSSR count). The fraction of sp³-hybridized carbons (Fsp3) is 0.562. The van der Waals surface area contributed by atoms with Crippen molar-refractivity contribution in [1.82, 2.24) is 0 Å². The Labute approximate surface area is 120 Å². The van der Waals surface area contributed by atoms with Gasteiger partial charge >= 0.3 is 0 Å². The number of hydrogen-bond donors (Lipinski definition) is 1. The van der Waals surface area contributed by atoms with Crippen LogP contribution in [-0.2, 0) is 0 Å². The smallest absolute Gasteiger partial charge is 0.176 e. The van der Waals surface area contributed by atoms with Crippen molar-refractivity contribution in [3.05, 3.63) is 23.8 Å². The summed E-state index contributed by atoms with van der Waals surface area (Å²) < 4.78 is 6.05. The molecule has 0 aromatic heterocycles. The van der Waals surface area contributed by atoms with Gasteiger partial charge < -0.3 is 15.4 Å². The molecule has 1 aliphatic rings. The molecule has 110 valence electrons. The van der Waals surface area contributed by atoms with Crippen molar-refractivity contribution in [3.8, 4) is 5.75 Å². The molecule has 4 nitrogen and oxygen atoms in total. The van der Waals surface area contributed by atoms with Gasteiger partial charge in [-0.3, -0.25) is 4.79 Å². The van der Waals surface area contributed by atoms with Crippen molar-refractivity contribution in [3.63, 3.8) is 0 Å². The van der Waals surface area contributed by atoms with E-state index in [0.29, 0.717) is 11.5 Å². The number of ether oxygens (including phenoxy) is 1. The van der Waals surface area contributed by atoms with Crippen LogP contribution in [0.5, 0.6) is 5.75 Å². The zero-order chi connectivity index (χ0) is 14.7. The Hall–Kier alpha value is -1.55. The molecular weight excluding hydrogens is 252 g/mol. The summed E-state index contributed by atoms with van der Waals surface area (Å²) in [5, 5.41) is 0. The number of fused-ring (bicyclic) bond motifs is 1. The molecule has 0 spiro atoms. The van der Waals surface area contributed by atoms with Crippen molar-refractivity contribution >= 4 is 11.5 Å². The summed E-state index contributed by atoms with van der Waals surface area (Å²) in [6.45, 7) is 8.40. The molecule has 0 aliphatic carbocycles. The van der Waals surface area contributed by atoms with Gasteiger partial charge in [0.2, 0.25) is 0 Å². The van der Waals surface area contributed by atoms with Crippen LogP contribution >= 0.6 is 0 Å². The zero-order valence-electron chi connectivity index (χ0n) is 12.6. The maximum atomic E-state index is 11.8. The van der Waals surface area contributed by atoms with Crippen molar-refractivity contribution in [2.24, 2.45) is 11.7 Å². The molecule has 1 atom stereocenters. The Morgan fingerprint density at radius 1 is 1.50 bits per heavy atom. The molecule has 0 fully saturated rings. The Morgan fingerprint density at radius 2 is 2.25 bits per heavy atom. The number of carbonyl (C=O) groups excluding carboxylic acids is 1. The first kappa shape index (κ1) is 14.9. The van der Waals surface area contributed by atoms with Gasteiger partial charge in [0.1, 0.15) is 11.9 Å². The van der Waals surface area contributed by atoms with E-state index in [0.717, 1.165) is 30.9 Å². The van der Waals surface area contributed by atoms with Gasteiger partial charge in [0, 0.05) is 12.1 Å². The highest BCUT2D eigenvalue weighted by Gasteiger charge is 2.27. The lowest BCUT2D eigenvalue weighted by Crippen LogP contribution is -2.43. The molecule has 1 aromatic carbocycles. The maximum absolute atomic E-state index is 11.8. The monoisotopic (exact) mass is 276 g/mol. The van der Waals surface area contributed by atoms with Gasteiger partial charge in [-0.15, -0.1) is 0 Å². The third-order valence-electron chi connectivity index (χ3n) is 3.72. The number of anilines is 1. The fourth-order valence-electron chi connectivity index (χ4n) is 2.50. The number of Topliss-reactive ketones (excluding diaryl/α,β-unsaturated/α-hetero) is 1. The number of benzene rings is 1. The van der Waals surface area contributed by atoms with Crippen LogP contribution in [0.3, 0.4) is 0 Å². The zero-order valence-corrected chi connectivity index (χ0v) is 12.6. The number of hydrogen-bond acceptors (Lipinski definition) is 4. The van der Waals surface area contributed by atoms with Crippen LogP contribution in [0.15, 0.2) is 18.2 Å². The Balaban J connectivity index is 2.35. The van der Waals surface area contributed by atoms with E-state index in [1.165, 1.54) is 0 Å². The SMILES string of the molecule is CCCN1CC(C(C)C)Oc2ccc(C(=O)CN)cc21. The molecular formula is C16H24N2O2. The summed E-state index contributed by atoms with van der Waals surface area (Å²) in [6, 6.07) is 5.62. The highest BCUT2D eigenvalue weighted by Crippen LogP contribution is 2.36. The molecule has 0 saturated heterocycles. The molecule has 0 radical (unpaired) electrons. The minimum atomic E-state index is -0.0322. The van der Waals surface area contributed by atoms with Gasteiger partial charge in [-0.2, -0.15) is 0 Å². The predicted molar refractivity (Wildman–Crippen MR) is 81.6 cm³/mol. The quantitative estimate of drug-likeness (QED) is 0.839.